The van der Waals surface area contributed by atoms with Crippen molar-refractivity contribution < 1.29 is 9.53 Å². The van der Waals surface area contributed by atoms with E-state index in [2.05, 4.69) is 10.6 Å². The molecular formula is C14H22N2O2. The summed E-state index contributed by atoms with van der Waals surface area (Å²) in [4.78, 5) is 11.4. The monoisotopic (exact) mass is 250 g/mol. The van der Waals surface area contributed by atoms with Crippen molar-refractivity contribution in [2.24, 2.45) is 0 Å². The zero-order valence-corrected chi connectivity index (χ0v) is 11.6. The second-order valence-corrected chi connectivity index (χ2v) is 4.36. The molecule has 0 fully saturated rings. The third-order valence-electron chi connectivity index (χ3n) is 2.83. The fourth-order valence-electron chi connectivity index (χ4n) is 1.74. The van der Waals surface area contributed by atoms with E-state index in [9.17, 15) is 4.79 Å². The van der Waals surface area contributed by atoms with Crippen molar-refractivity contribution in [2.45, 2.75) is 33.7 Å². The normalized spacial score (nSPS) is 10.0. The van der Waals surface area contributed by atoms with Gasteiger partial charge in [-0.2, -0.15) is 0 Å². The highest BCUT2D eigenvalue weighted by atomic mass is 16.5. The van der Waals surface area contributed by atoms with E-state index in [1.54, 1.807) is 7.11 Å². The summed E-state index contributed by atoms with van der Waals surface area (Å²) in [6.45, 7) is 7.28. The lowest BCUT2D eigenvalue weighted by atomic mass is 10.0. The molecule has 2 N–H and O–H groups in total. The average Bonchev–Trinajstić information content (AvgIpc) is 2.36. The Bertz CT molecular complexity index is 417. The minimum absolute atomic E-state index is 0.121. The highest BCUT2D eigenvalue weighted by Crippen LogP contribution is 2.22. The first-order chi connectivity index (χ1) is 8.58. The Morgan fingerprint density at radius 3 is 2.56 bits per heavy atom. The van der Waals surface area contributed by atoms with Crippen molar-refractivity contribution in [3.63, 3.8) is 0 Å². The topological polar surface area (TPSA) is 50.4 Å². The van der Waals surface area contributed by atoms with Crippen LogP contribution in [0.4, 0.5) is 4.79 Å². The zero-order valence-electron chi connectivity index (χ0n) is 11.6. The van der Waals surface area contributed by atoms with Crippen LogP contribution in [0.3, 0.4) is 0 Å². The molecule has 0 aliphatic heterocycles. The van der Waals surface area contributed by atoms with E-state index in [1.807, 2.05) is 32.9 Å². The van der Waals surface area contributed by atoms with E-state index < -0.39 is 0 Å². The number of nitrogens with one attached hydrogen (secondary N) is 2. The molecule has 4 nitrogen and oxygen atoms in total. The maximum absolute atomic E-state index is 11.4. The number of ether oxygens (including phenoxy) is 1. The standard InChI is InChI=1S/C14H22N2O2/c1-5-6-15-14(17)16-9-12-7-11(3)13(18-4)8-10(12)2/h7-8H,5-6,9H2,1-4H3,(H2,15,16,17). The highest BCUT2D eigenvalue weighted by Gasteiger charge is 2.06. The van der Waals surface area contributed by atoms with E-state index in [0.29, 0.717) is 13.1 Å². The van der Waals surface area contributed by atoms with Crippen LogP contribution in [0, 0.1) is 13.8 Å². The number of methoxy groups -OCH3 is 1. The molecular weight excluding hydrogens is 228 g/mol. The molecule has 4 heteroatoms. The minimum atomic E-state index is -0.121. The maximum atomic E-state index is 11.4. The number of carbonyl (C=O) groups is 1. The lowest BCUT2D eigenvalue weighted by molar-refractivity contribution is 0.240. The fraction of sp³-hybridized carbons (Fsp3) is 0.500. The largest absolute Gasteiger partial charge is 0.496 e. The first-order valence-electron chi connectivity index (χ1n) is 6.24. The van der Waals surface area contributed by atoms with Gasteiger partial charge < -0.3 is 15.4 Å². The molecule has 0 unspecified atom stereocenters. The van der Waals surface area contributed by atoms with E-state index in [-0.39, 0.29) is 6.03 Å². The predicted molar refractivity (Wildman–Crippen MR) is 73.0 cm³/mol. The summed E-state index contributed by atoms with van der Waals surface area (Å²) in [5.74, 6) is 0.881. The Hall–Kier alpha value is -1.71. The summed E-state index contributed by atoms with van der Waals surface area (Å²) in [6.07, 6.45) is 0.939. The molecule has 0 aliphatic rings. The van der Waals surface area contributed by atoms with Crippen molar-refractivity contribution in [3.8, 4) is 5.75 Å². The van der Waals surface area contributed by atoms with Crippen LogP contribution in [-0.2, 0) is 6.54 Å². The van der Waals surface area contributed by atoms with Crippen LogP contribution in [0.5, 0.6) is 5.75 Å². The molecule has 0 saturated carbocycles. The predicted octanol–water partition coefficient (Wildman–Crippen LogP) is 2.52. The van der Waals surface area contributed by atoms with Gasteiger partial charge in [-0.25, -0.2) is 4.79 Å². The molecule has 2 amide bonds. The summed E-state index contributed by atoms with van der Waals surface area (Å²) < 4.78 is 5.26. The Labute approximate surface area is 109 Å². The van der Waals surface area contributed by atoms with Crippen molar-refractivity contribution in [1.82, 2.24) is 10.6 Å². The number of hydrogen-bond acceptors (Lipinski definition) is 2. The summed E-state index contributed by atoms with van der Waals surface area (Å²) in [5, 5.41) is 5.63. The SMILES string of the molecule is CCCNC(=O)NCc1cc(C)c(OC)cc1C. The van der Waals surface area contributed by atoms with Crippen LogP contribution < -0.4 is 15.4 Å². The minimum Gasteiger partial charge on any atom is -0.496 e. The average molecular weight is 250 g/mol. The molecule has 0 bridgehead atoms. The van der Waals surface area contributed by atoms with Crippen molar-refractivity contribution in [3.05, 3.63) is 28.8 Å². The van der Waals surface area contributed by atoms with Crippen LogP contribution >= 0.6 is 0 Å². The van der Waals surface area contributed by atoms with Gasteiger partial charge in [-0.3, -0.25) is 0 Å². The molecule has 1 rings (SSSR count). The second kappa shape index (κ2) is 6.89. The van der Waals surface area contributed by atoms with Crippen LogP contribution in [0.2, 0.25) is 0 Å². The van der Waals surface area contributed by atoms with Crippen molar-refractivity contribution in [1.29, 1.82) is 0 Å². The number of urea groups is 1. The molecule has 0 spiro atoms. The van der Waals surface area contributed by atoms with Gasteiger partial charge in [-0.05, 0) is 43.0 Å². The number of amides is 2. The van der Waals surface area contributed by atoms with Gasteiger partial charge in [0.15, 0.2) is 0 Å². The number of rotatable bonds is 5. The molecule has 0 saturated heterocycles. The first-order valence-corrected chi connectivity index (χ1v) is 6.24. The molecule has 1 aromatic carbocycles. The number of carbonyl (C=O) groups excluding carboxylic acids is 1. The van der Waals surface area contributed by atoms with Crippen LogP contribution in [0.1, 0.15) is 30.0 Å². The molecule has 0 aromatic heterocycles. The van der Waals surface area contributed by atoms with Gasteiger partial charge in [-0.1, -0.05) is 13.0 Å². The Morgan fingerprint density at radius 2 is 1.94 bits per heavy atom. The molecule has 1 aromatic rings. The number of hydrogen-bond donors (Lipinski definition) is 2. The number of aryl methyl sites for hydroxylation is 2. The molecule has 0 heterocycles. The highest BCUT2D eigenvalue weighted by molar-refractivity contribution is 5.73. The van der Waals surface area contributed by atoms with Crippen molar-refractivity contribution in [2.75, 3.05) is 13.7 Å². The zero-order chi connectivity index (χ0) is 13.5. The van der Waals surface area contributed by atoms with Crippen LogP contribution in [0.15, 0.2) is 12.1 Å². The summed E-state index contributed by atoms with van der Waals surface area (Å²) >= 11 is 0. The molecule has 0 aliphatic carbocycles. The smallest absolute Gasteiger partial charge is 0.315 e. The van der Waals surface area contributed by atoms with Gasteiger partial charge in [0.05, 0.1) is 7.11 Å². The van der Waals surface area contributed by atoms with E-state index >= 15 is 0 Å². The van der Waals surface area contributed by atoms with Crippen LogP contribution in [-0.4, -0.2) is 19.7 Å². The van der Waals surface area contributed by atoms with Crippen molar-refractivity contribution >= 4 is 6.03 Å². The van der Waals surface area contributed by atoms with E-state index in [1.165, 1.54) is 0 Å². The second-order valence-electron chi connectivity index (χ2n) is 4.36. The molecule has 0 radical (unpaired) electrons. The summed E-state index contributed by atoms with van der Waals surface area (Å²) in [5.41, 5.74) is 3.31. The summed E-state index contributed by atoms with van der Waals surface area (Å²) in [6, 6.07) is 3.93. The van der Waals surface area contributed by atoms with Gasteiger partial charge in [-0.15, -0.1) is 0 Å². The first kappa shape index (κ1) is 14.4. The third-order valence-corrected chi connectivity index (χ3v) is 2.83. The number of benzene rings is 1. The van der Waals surface area contributed by atoms with Gasteiger partial charge in [0.25, 0.3) is 0 Å². The van der Waals surface area contributed by atoms with Gasteiger partial charge >= 0.3 is 6.03 Å². The Morgan fingerprint density at radius 1 is 1.22 bits per heavy atom. The Balaban J connectivity index is 2.62. The van der Waals surface area contributed by atoms with Gasteiger partial charge in [0.2, 0.25) is 0 Å². The molecule has 0 atom stereocenters. The van der Waals surface area contributed by atoms with Crippen LogP contribution in [0.25, 0.3) is 0 Å². The maximum Gasteiger partial charge on any atom is 0.315 e. The summed E-state index contributed by atoms with van der Waals surface area (Å²) in [7, 11) is 1.66. The Kier molecular flexibility index (Phi) is 5.49. The lowest BCUT2D eigenvalue weighted by Crippen LogP contribution is -2.35. The van der Waals surface area contributed by atoms with E-state index in [4.69, 9.17) is 4.74 Å². The molecule has 18 heavy (non-hydrogen) atoms. The lowest BCUT2D eigenvalue weighted by Gasteiger charge is -2.12. The quantitative estimate of drug-likeness (QED) is 0.843. The van der Waals surface area contributed by atoms with Gasteiger partial charge in [0.1, 0.15) is 5.75 Å². The third kappa shape index (κ3) is 3.95. The van der Waals surface area contributed by atoms with E-state index in [0.717, 1.165) is 28.9 Å². The molecule has 100 valence electrons. The fourth-order valence-corrected chi connectivity index (χ4v) is 1.74. The van der Waals surface area contributed by atoms with Gasteiger partial charge in [0, 0.05) is 13.1 Å².